The van der Waals surface area contributed by atoms with Crippen molar-refractivity contribution in [1.82, 2.24) is 0 Å². The predicted molar refractivity (Wildman–Crippen MR) is 109 cm³/mol. The van der Waals surface area contributed by atoms with E-state index in [1.807, 2.05) is 6.92 Å². The van der Waals surface area contributed by atoms with Gasteiger partial charge in [0.25, 0.3) is 0 Å². The molecule has 2 heteroatoms. The average Bonchev–Trinajstić information content (AvgIpc) is 2.58. The molecule has 0 aliphatic rings. The number of Topliss-reactive ketones (excluding diaryl/α,β-unsaturated/α-hetero) is 2. The number of carbonyl (C=O) groups excluding carboxylic acids is 2. The molecule has 148 valence electrons. The van der Waals surface area contributed by atoms with E-state index in [1.54, 1.807) is 0 Å². The van der Waals surface area contributed by atoms with Crippen molar-refractivity contribution in [1.29, 1.82) is 0 Å². The Labute approximate surface area is 157 Å². The van der Waals surface area contributed by atoms with Crippen LogP contribution in [0.2, 0.25) is 0 Å². The molecule has 2 nitrogen and oxygen atoms in total. The zero-order valence-corrected chi connectivity index (χ0v) is 17.3. The van der Waals surface area contributed by atoms with Crippen LogP contribution in [0.15, 0.2) is 0 Å². The van der Waals surface area contributed by atoms with Gasteiger partial charge in [-0.2, -0.15) is 0 Å². The molecular formula is C23H44O2. The van der Waals surface area contributed by atoms with Crippen molar-refractivity contribution >= 4 is 11.6 Å². The molecule has 0 rings (SSSR count). The Morgan fingerprint density at radius 1 is 0.440 bits per heavy atom. The summed E-state index contributed by atoms with van der Waals surface area (Å²) in [4.78, 5) is 23.0. The highest BCUT2D eigenvalue weighted by Gasteiger charge is 2.08. The third-order valence-corrected chi connectivity index (χ3v) is 4.98. The number of ketones is 2. The second-order valence-corrected chi connectivity index (χ2v) is 7.70. The van der Waals surface area contributed by atoms with E-state index in [1.165, 1.54) is 83.5 Å². The molecule has 0 fully saturated rings. The van der Waals surface area contributed by atoms with Crippen LogP contribution >= 0.6 is 0 Å². The van der Waals surface area contributed by atoms with Crippen molar-refractivity contribution in [2.45, 2.75) is 136 Å². The predicted octanol–water partition coefficient (Wildman–Crippen LogP) is 7.58. The Bertz CT molecular complexity index is 309. The van der Waals surface area contributed by atoms with Gasteiger partial charge in [0.15, 0.2) is 0 Å². The first kappa shape index (κ1) is 24.3. The highest BCUT2D eigenvalue weighted by atomic mass is 16.1. The minimum Gasteiger partial charge on any atom is -0.299 e. The summed E-state index contributed by atoms with van der Waals surface area (Å²) in [7, 11) is 0. The molecule has 0 heterocycles. The standard InChI is InChI=1S/C23H44O2/c1-3-5-6-7-8-9-10-11-12-13-14-15-16-17-18-20-23(25)21-22(24)19-4-2/h3-21H2,1-2H3. The fraction of sp³-hybridized carbons (Fsp3) is 0.913. The topological polar surface area (TPSA) is 34.1 Å². The highest BCUT2D eigenvalue weighted by molar-refractivity contribution is 5.98. The summed E-state index contributed by atoms with van der Waals surface area (Å²) in [6.45, 7) is 4.26. The van der Waals surface area contributed by atoms with Crippen LogP contribution in [0.3, 0.4) is 0 Å². The van der Waals surface area contributed by atoms with Crippen molar-refractivity contribution in [2.75, 3.05) is 0 Å². The third kappa shape index (κ3) is 19.5. The van der Waals surface area contributed by atoms with Gasteiger partial charge in [0.1, 0.15) is 11.6 Å². The third-order valence-electron chi connectivity index (χ3n) is 4.98. The normalized spacial score (nSPS) is 11.0. The molecule has 25 heavy (non-hydrogen) atoms. The van der Waals surface area contributed by atoms with Crippen LogP contribution in [0.1, 0.15) is 136 Å². The fourth-order valence-electron chi connectivity index (χ4n) is 3.37. The van der Waals surface area contributed by atoms with Gasteiger partial charge >= 0.3 is 0 Å². The molecule has 0 atom stereocenters. The van der Waals surface area contributed by atoms with Crippen molar-refractivity contribution in [3.05, 3.63) is 0 Å². The summed E-state index contributed by atoms with van der Waals surface area (Å²) in [5, 5.41) is 0. The first-order valence-electron chi connectivity index (χ1n) is 11.2. The number of hydrogen-bond acceptors (Lipinski definition) is 2. The minimum absolute atomic E-state index is 0.119. The monoisotopic (exact) mass is 352 g/mol. The van der Waals surface area contributed by atoms with E-state index in [2.05, 4.69) is 6.92 Å². The van der Waals surface area contributed by atoms with Crippen LogP contribution in [-0.2, 0) is 9.59 Å². The van der Waals surface area contributed by atoms with Gasteiger partial charge in [-0.05, 0) is 12.8 Å². The number of carbonyl (C=O) groups is 2. The summed E-state index contributed by atoms with van der Waals surface area (Å²) in [6, 6.07) is 0. The molecule has 0 N–H and O–H groups in total. The molecular weight excluding hydrogens is 308 g/mol. The van der Waals surface area contributed by atoms with Crippen molar-refractivity contribution in [3.63, 3.8) is 0 Å². The molecule has 0 aliphatic carbocycles. The van der Waals surface area contributed by atoms with Gasteiger partial charge < -0.3 is 0 Å². The largest absolute Gasteiger partial charge is 0.299 e. The Kier molecular flexibility index (Phi) is 19.1. The fourth-order valence-corrected chi connectivity index (χ4v) is 3.37. The summed E-state index contributed by atoms with van der Waals surface area (Å²) in [5.41, 5.74) is 0. The lowest BCUT2D eigenvalue weighted by molar-refractivity contribution is -0.127. The first-order chi connectivity index (χ1) is 12.2. The summed E-state index contributed by atoms with van der Waals surface area (Å²) in [5.74, 6) is 0.265. The Morgan fingerprint density at radius 2 is 0.800 bits per heavy atom. The van der Waals surface area contributed by atoms with Crippen LogP contribution < -0.4 is 0 Å². The average molecular weight is 353 g/mol. The lowest BCUT2D eigenvalue weighted by Crippen LogP contribution is -2.07. The maximum absolute atomic E-state index is 11.6. The summed E-state index contributed by atoms with van der Waals surface area (Å²) < 4.78 is 0. The van der Waals surface area contributed by atoms with Gasteiger partial charge in [-0.1, -0.05) is 104 Å². The molecule has 0 aliphatic heterocycles. The van der Waals surface area contributed by atoms with E-state index in [4.69, 9.17) is 0 Å². The quantitative estimate of drug-likeness (QED) is 0.167. The maximum Gasteiger partial charge on any atom is 0.140 e. The van der Waals surface area contributed by atoms with Crippen LogP contribution in [0.25, 0.3) is 0 Å². The second kappa shape index (κ2) is 19.7. The molecule has 0 saturated carbocycles. The summed E-state index contributed by atoms with van der Waals surface area (Å²) in [6.07, 6.45) is 22.3. The number of rotatable bonds is 20. The van der Waals surface area contributed by atoms with E-state index < -0.39 is 0 Å². The van der Waals surface area contributed by atoms with Crippen LogP contribution in [0.5, 0.6) is 0 Å². The number of hydrogen-bond donors (Lipinski definition) is 0. The molecule has 0 unspecified atom stereocenters. The Hall–Kier alpha value is -0.660. The molecule has 0 radical (unpaired) electrons. The zero-order chi connectivity index (χ0) is 18.6. The molecule has 0 amide bonds. The zero-order valence-electron chi connectivity index (χ0n) is 17.3. The van der Waals surface area contributed by atoms with Gasteiger partial charge in [0.2, 0.25) is 0 Å². The molecule has 0 aromatic heterocycles. The smallest absolute Gasteiger partial charge is 0.140 e. The Balaban J connectivity index is 3.16. The van der Waals surface area contributed by atoms with E-state index in [-0.39, 0.29) is 18.0 Å². The van der Waals surface area contributed by atoms with E-state index >= 15 is 0 Å². The lowest BCUT2D eigenvalue weighted by atomic mass is 10.0. The van der Waals surface area contributed by atoms with Crippen molar-refractivity contribution < 1.29 is 9.59 Å². The number of unbranched alkanes of at least 4 members (excludes halogenated alkanes) is 14. The summed E-state index contributed by atoms with van der Waals surface area (Å²) >= 11 is 0. The minimum atomic E-state index is 0.119. The molecule has 0 spiro atoms. The van der Waals surface area contributed by atoms with Gasteiger partial charge in [-0.25, -0.2) is 0 Å². The van der Waals surface area contributed by atoms with Crippen molar-refractivity contribution in [3.8, 4) is 0 Å². The van der Waals surface area contributed by atoms with Crippen molar-refractivity contribution in [2.24, 2.45) is 0 Å². The van der Waals surface area contributed by atoms with Crippen LogP contribution in [-0.4, -0.2) is 11.6 Å². The van der Waals surface area contributed by atoms with Crippen LogP contribution in [0.4, 0.5) is 0 Å². The molecule has 0 bridgehead atoms. The van der Waals surface area contributed by atoms with E-state index in [0.29, 0.717) is 12.8 Å². The first-order valence-corrected chi connectivity index (χ1v) is 11.2. The van der Waals surface area contributed by atoms with Gasteiger partial charge in [-0.3, -0.25) is 9.59 Å². The van der Waals surface area contributed by atoms with E-state index in [9.17, 15) is 9.59 Å². The van der Waals surface area contributed by atoms with Gasteiger partial charge in [0, 0.05) is 12.8 Å². The molecule has 0 saturated heterocycles. The second-order valence-electron chi connectivity index (χ2n) is 7.70. The molecule has 0 aromatic carbocycles. The Morgan fingerprint density at radius 3 is 1.20 bits per heavy atom. The van der Waals surface area contributed by atoms with Crippen LogP contribution in [0, 0.1) is 0 Å². The molecule has 0 aromatic rings. The van der Waals surface area contributed by atoms with E-state index in [0.717, 1.165) is 19.3 Å². The highest BCUT2D eigenvalue weighted by Crippen LogP contribution is 2.14. The lowest BCUT2D eigenvalue weighted by Gasteiger charge is -2.03. The van der Waals surface area contributed by atoms with Gasteiger partial charge in [0.05, 0.1) is 6.42 Å². The maximum atomic E-state index is 11.6. The van der Waals surface area contributed by atoms with Gasteiger partial charge in [-0.15, -0.1) is 0 Å². The SMILES string of the molecule is CCCCCCCCCCCCCCCCCC(=O)CC(=O)CCC.